The molecule has 9 heteroatoms. The van der Waals surface area contributed by atoms with Gasteiger partial charge in [0.05, 0.1) is 16.6 Å². The van der Waals surface area contributed by atoms with Crippen LogP contribution in [0.2, 0.25) is 0 Å². The molecule has 0 amide bonds. The number of allylic oxidation sites excluding steroid dienone is 4. The minimum Gasteiger partial charge on any atom is -0.393 e. The van der Waals surface area contributed by atoms with Crippen molar-refractivity contribution in [2.24, 2.45) is 33.5 Å². The first-order valence-electron chi connectivity index (χ1n) is 16.3. The van der Waals surface area contributed by atoms with Gasteiger partial charge in [-0.05, 0) is 99.1 Å². The van der Waals surface area contributed by atoms with Gasteiger partial charge in [-0.3, -0.25) is 4.79 Å². The molecule has 44 heavy (non-hydrogen) atoms. The highest BCUT2D eigenvalue weighted by atomic mass is 32.2. The number of hydrogen-bond acceptors (Lipinski definition) is 7. The van der Waals surface area contributed by atoms with E-state index in [9.17, 15) is 23.4 Å². The van der Waals surface area contributed by atoms with E-state index in [1.807, 2.05) is 26.0 Å². The van der Waals surface area contributed by atoms with E-state index in [1.54, 1.807) is 17.5 Å². The Bertz CT molecular complexity index is 1640. The van der Waals surface area contributed by atoms with Gasteiger partial charge in [0.15, 0.2) is 5.78 Å². The quantitative estimate of drug-likeness (QED) is 0.236. The van der Waals surface area contributed by atoms with Crippen molar-refractivity contribution in [1.82, 2.24) is 4.31 Å². The van der Waals surface area contributed by atoms with Crippen molar-refractivity contribution in [3.05, 3.63) is 63.2 Å². The fourth-order valence-corrected chi connectivity index (χ4v) is 14.2. The second-order valence-corrected chi connectivity index (χ2v) is 19.2. The monoisotopic (exact) mass is 655 g/mol. The van der Waals surface area contributed by atoms with Gasteiger partial charge in [-0.2, -0.15) is 4.31 Å². The summed E-state index contributed by atoms with van der Waals surface area (Å²) in [6.45, 7) is 8.96. The third kappa shape index (κ3) is 3.98. The Labute approximate surface area is 269 Å². The van der Waals surface area contributed by atoms with Gasteiger partial charge >= 0.3 is 0 Å². The Hall–Kier alpha value is -1.62. The van der Waals surface area contributed by atoms with Gasteiger partial charge in [0.1, 0.15) is 4.21 Å². The van der Waals surface area contributed by atoms with Crippen molar-refractivity contribution in [2.45, 2.75) is 95.0 Å². The third-order valence-electron chi connectivity index (χ3n) is 12.9. The summed E-state index contributed by atoms with van der Waals surface area (Å²) in [5.41, 5.74) is -1.99. The number of aliphatic hydroxyl groups is 2. The minimum atomic E-state index is -3.75. The zero-order chi connectivity index (χ0) is 31.3. The number of rotatable bonds is 8. The van der Waals surface area contributed by atoms with Gasteiger partial charge < -0.3 is 10.2 Å². The predicted molar refractivity (Wildman–Crippen MR) is 175 cm³/mol. The summed E-state index contributed by atoms with van der Waals surface area (Å²) in [5, 5.41) is 25.4. The molecular weight excluding hydrogens is 611 g/mol. The van der Waals surface area contributed by atoms with Crippen LogP contribution in [0, 0.1) is 40.4 Å². The van der Waals surface area contributed by atoms with E-state index in [-0.39, 0.29) is 35.0 Å². The van der Waals surface area contributed by atoms with Crippen molar-refractivity contribution in [3.8, 4) is 0 Å². The Morgan fingerprint density at radius 2 is 1.77 bits per heavy atom. The maximum absolute atomic E-state index is 14.6. The van der Waals surface area contributed by atoms with Crippen molar-refractivity contribution in [1.29, 1.82) is 0 Å². The molecule has 6 aliphatic carbocycles. The zero-order valence-corrected chi connectivity index (χ0v) is 28.7. The topological polar surface area (TPSA) is 94.9 Å². The number of sulfonamides is 1. The largest absolute Gasteiger partial charge is 0.393 e. The standard InChI is InChI=1S/C35H45NO5S3/c1-5-18-36(44(40,41)29-7-6-19-42-29)22-34(39)15-12-28-32(34,4)14-11-27-31(3)13-10-24(37)20-33(31)16-17-35(27,28)25(21-33)30(38)26-9-8-23(2)43-26/h6-9,16-17,19,21,24,27-28,37,39H,5,10-15,18,20,22H2,1-4H3. The van der Waals surface area contributed by atoms with Crippen LogP contribution in [0.5, 0.6) is 0 Å². The second kappa shape index (κ2) is 10.2. The highest BCUT2D eigenvalue weighted by molar-refractivity contribution is 7.91. The number of ketones is 1. The molecule has 2 aromatic rings. The molecule has 2 heterocycles. The van der Waals surface area contributed by atoms with E-state index in [0.29, 0.717) is 30.0 Å². The molecule has 0 saturated heterocycles. The SMILES string of the molecule is CCCN(CC1(O)CCC2C34C=CC5(C=C3C(=O)c3ccc(C)s3)CC(O)CCC5(C)C4CCC21C)S(=O)(=O)c1cccs1. The van der Waals surface area contributed by atoms with Gasteiger partial charge in [-0.25, -0.2) is 8.42 Å². The van der Waals surface area contributed by atoms with Crippen LogP contribution in [-0.4, -0.2) is 53.5 Å². The highest BCUT2D eigenvalue weighted by Crippen LogP contribution is 2.78. The summed E-state index contributed by atoms with van der Waals surface area (Å²) >= 11 is 2.75. The number of thiophene rings is 2. The lowest BCUT2D eigenvalue weighted by atomic mass is 9.32. The Morgan fingerprint density at radius 3 is 2.45 bits per heavy atom. The summed E-state index contributed by atoms with van der Waals surface area (Å²) in [5.74, 6) is 0.271. The zero-order valence-electron chi connectivity index (χ0n) is 26.2. The van der Waals surface area contributed by atoms with E-state index >= 15 is 0 Å². The average Bonchev–Trinajstić information content (AvgIpc) is 3.73. The molecule has 3 saturated carbocycles. The minimum absolute atomic E-state index is 0.0128. The van der Waals surface area contributed by atoms with E-state index in [2.05, 4.69) is 32.1 Å². The van der Waals surface area contributed by atoms with Gasteiger partial charge in [0.2, 0.25) is 0 Å². The maximum Gasteiger partial charge on any atom is 0.252 e. The number of carbonyl (C=O) groups excluding carboxylic acids is 1. The van der Waals surface area contributed by atoms with E-state index < -0.39 is 32.6 Å². The molecule has 0 aliphatic heterocycles. The first kappa shape index (κ1) is 31.0. The lowest BCUT2D eigenvalue weighted by Gasteiger charge is -2.71. The fraction of sp³-hybridized carbons (Fsp3) is 0.629. The number of Topliss-reactive ketones (excluding diaryl/α,β-unsaturated/α-hetero) is 1. The molecule has 2 spiro atoms. The van der Waals surface area contributed by atoms with Crippen LogP contribution in [0.15, 0.2) is 57.7 Å². The van der Waals surface area contributed by atoms with Crippen LogP contribution in [0.3, 0.4) is 0 Å². The normalized spacial score (nSPS) is 40.9. The van der Waals surface area contributed by atoms with Crippen LogP contribution in [-0.2, 0) is 10.0 Å². The molecule has 8 atom stereocenters. The van der Waals surface area contributed by atoms with E-state index in [4.69, 9.17) is 0 Å². The first-order valence-corrected chi connectivity index (χ1v) is 19.4. The molecule has 2 N–H and O–H groups in total. The average molecular weight is 656 g/mol. The smallest absolute Gasteiger partial charge is 0.252 e. The van der Waals surface area contributed by atoms with Crippen LogP contribution < -0.4 is 0 Å². The van der Waals surface area contributed by atoms with Crippen LogP contribution in [0.1, 0.15) is 86.7 Å². The van der Waals surface area contributed by atoms with Crippen molar-refractivity contribution < 1.29 is 23.4 Å². The van der Waals surface area contributed by atoms with Crippen molar-refractivity contribution in [2.75, 3.05) is 13.1 Å². The van der Waals surface area contributed by atoms with Crippen LogP contribution in [0.25, 0.3) is 0 Å². The van der Waals surface area contributed by atoms with Crippen LogP contribution in [0.4, 0.5) is 0 Å². The summed E-state index contributed by atoms with van der Waals surface area (Å²) < 4.78 is 29.4. The predicted octanol–water partition coefficient (Wildman–Crippen LogP) is 6.99. The lowest BCUT2D eigenvalue weighted by Crippen LogP contribution is -2.67. The number of aliphatic hydroxyl groups excluding tert-OH is 1. The summed E-state index contributed by atoms with van der Waals surface area (Å²) in [4.78, 5) is 16.4. The molecule has 0 radical (unpaired) electrons. The molecular formula is C35H45NO5S3. The maximum atomic E-state index is 14.6. The molecule has 2 aromatic heterocycles. The Balaban J connectivity index is 1.34. The number of nitrogens with zero attached hydrogens (tertiary/aromatic N) is 1. The summed E-state index contributed by atoms with van der Waals surface area (Å²) in [6, 6.07) is 7.35. The van der Waals surface area contributed by atoms with Gasteiger partial charge in [0.25, 0.3) is 10.0 Å². The Morgan fingerprint density at radius 1 is 1.05 bits per heavy atom. The molecule has 238 valence electrons. The summed E-state index contributed by atoms with van der Waals surface area (Å²) in [6.07, 6.45) is 12.3. The van der Waals surface area contributed by atoms with Gasteiger partial charge in [0, 0.05) is 39.8 Å². The van der Waals surface area contributed by atoms with E-state index in [0.717, 1.165) is 47.4 Å². The number of aryl methyl sites for hydroxylation is 1. The Kier molecular flexibility index (Phi) is 7.18. The highest BCUT2D eigenvalue weighted by Gasteiger charge is 2.74. The molecule has 6 aliphatic rings. The summed E-state index contributed by atoms with van der Waals surface area (Å²) in [7, 11) is -3.75. The van der Waals surface area contributed by atoms with E-state index in [1.165, 1.54) is 27.0 Å². The first-order chi connectivity index (χ1) is 20.8. The van der Waals surface area contributed by atoms with Gasteiger partial charge in [-0.15, -0.1) is 22.7 Å². The third-order valence-corrected chi connectivity index (χ3v) is 17.1. The van der Waals surface area contributed by atoms with Crippen molar-refractivity contribution >= 4 is 38.5 Å². The molecule has 8 rings (SSSR count). The molecule has 6 nitrogen and oxygen atoms in total. The molecule has 8 unspecified atom stereocenters. The van der Waals surface area contributed by atoms with Crippen LogP contribution >= 0.6 is 22.7 Å². The number of carbonyl (C=O) groups is 1. The second-order valence-electron chi connectivity index (χ2n) is 14.8. The van der Waals surface area contributed by atoms with Crippen molar-refractivity contribution in [3.63, 3.8) is 0 Å². The molecule has 0 aromatic carbocycles. The lowest BCUT2D eigenvalue weighted by molar-refractivity contribution is -0.173. The molecule has 2 bridgehead atoms. The number of fused-ring (bicyclic) bond motifs is 1. The van der Waals surface area contributed by atoms with Gasteiger partial charge in [-0.1, -0.05) is 45.1 Å². The fourth-order valence-electron chi connectivity index (χ4n) is 10.6. The molecule has 3 fully saturated rings. The number of hydrogen-bond donors (Lipinski definition) is 2.